The smallest absolute Gasteiger partial charge is 0.264 e. The first-order valence-electron chi connectivity index (χ1n) is 5.69. The zero-order chi connectivity index (χ0) is 14.8. The SMILES string of the molecule is CNc1ccccc1S(=O)(=O)Nc1c(F)cccc1Cl. The molecule has 106 valence electrons. The molecule has 0 bridgehead atoms. The van der Waals surface area contributed by atoms with Crippen molar-refractivity contribution in [1.82, 2.24) is 0 Å². The third-order valence-corrected chi connectivity index (χ3v) is 4.37. The van der Waals surface area contributed by atoms with E-state index in [9.17, 15) is 12.8 Å². The molecule has 0 aliphatic rings. The summed E-state index contributed by atoms with van der Waals surface area (Å²) in [5, 5.41) is 2.77. The van der Waals surface area contributed by atoms with Gasteiger partial charge in [-0.1, -0.05) is 29.8 Å². The Morgan fingerprint density at radius 2 is 1.80 bits per heavy atom. The third kappa shape index (κ3) is 2.86. The normalized spacial score (nSPS) is 11.2. The summed E-state index contributed by atoms with van der Waals surface area (Å²) in [4.78, 5) is 0.0156. The molecule has 4 nitrogen and oxygen atoms in total. The third-order valence-electron chi connectivity index (χ3n) is 2.65. The van der Waals surface area contributed by atoms with Crippen molar-refractivity contribution in [1.29, 1.82) is 0 Å². The Labute approximate surface area is 121 Å². The van der Waals surface area contributed by atoms with Gasteiger partial charge in [0.05, 0.1) is 10.7 Å². The molecule has 20 heavy (non-hydrogen) atoms. The lowest BCUT2D eigenvalue weighted by Gasteiger charge is -2.13. The molecule has 0 saturated heterocycles. The van der Waals surface area contributed by atoms with Crippen molar-refractivity contribution >= 4 is 33.0 Å². The van der Waals surface area contributed by atoms with E-state index < -0.39 is 15.8 Å². The molecule has 2 rings (SSSR count). The van der Waals surface area contributed by atoms with Gasteiger partial charge in [0.1, 0.15) is 16.4 Å². The fourth-order valence-corrected chi connectivity index (χ4v) is 3.26. The maximum Gasteiger partial charge on any atom is 0.264 e. The van der Waals surface area contributed by atoms with E-state index in [-0.39, 0.29) is 15.6 Å². The molecule has 0 amide bonds. The summed E-state index contributed by atoms with van der Waals surface area (Å²) < 4.78 is 40.4. The van der Waals surface area contributed by atoms with Gasteiger partial charge in [-0.2, -0.15) is 0 Å². The fraction of sp³-hybridized carbons (Fsp3) is 0.0769. The highest BCUT2D eigenvalue weighted by atomic mass is 35.5. The van der Waals surface area contributed by atoms with E-state index in [1.54, 1.807) is 25.2 Å². The first-order chi connectivity index (χ1) is 9.45. The fourth-order valence-electron chi connectivity index (χ4n) is 1.69. The molecule has 2 aromatic carbocycles. The van der Waals surface area contributed by atoms with Crippen LogP contribution in [0.25, 0.3) is 0 Å². The van der Waals surface area contributed by atoms with Gasteiger partial charge in [0.15, 0.2) is 0 Å². The Kier molecular flexibility index (Phi) is 4.15. The van der Waals surface area contributed by atoms with Crippen molar-refractivity contribution in [3.8, 4) is 0 Å². The summed E-state index contributed by atoms with van der Waals surface area (Å²) in [6.45, 7) is 0. The van der Waals surface area contributed by atoms with Crippen molar-refractivity contribution in [2.75, 3.05) is 17.1 Å². The van der Waals surface area contributed by atoms with Crippen LogP contribution in [0, 0.1) is 5.82 Å². The Balaban J connectivity index is 2.47. The monoisotopic (exact) mass is 314 g/mol. The summed E-state index contributed by atoms with van der Waals surface area (Å²) in [5.74, 6) is -0.733. The van der Waals surface area contributed by atoms with Crippen LogP contribution in [-0.4, -0.2) is 15.5 Å². The van der Waals surface area contributed by atoms with E-state index >= 15 is 0 Å². The number of rotatable bonds is 4. The second-order valence-electron chi connectivity index (χ2n) is 3.95. The van der Waals surface area contributed by atoms with Gasteiger partial charge in [-0.05, 0) is 24.3 Å². The minimum absolute atomic E-state index is 0.00415. The number of sulfonamides is 1. The number of hydrogen-bond acceptors (Lipinski definition) is 3. The van der Waals surface area contributed by atoms with Crippen LogP contribution in [0.5, 0.6) is 0 Å². The molecule has 7 heteroatoms. The number of halogens is 2. The van der Waals surface area contributed by atoms with Crippen molar-refractivity contribution in [2.45, 2.75) is 4.90 Å². The quantitative estimate of drug-likeness (QED) is 0.910. The predicted octanol–water partition coefficient (Wildman–Crippen LogP) is 3.32. The van der Waals surface area contributed by atoms with E-state index in [4.69, 9.17) is 11.6 Å². The lowest BCUT2D eigenvalue weighted by molar-refractivity contribution is 0.599. The minimum Gasteiger partial charge on any atom is -0.387 e. The van der Waals surface area contributed by atoms with E-state index in [2.05, 4.69) is 10.0 Å². The van der Waals surface area contributed by atoms with Crippen molar-refractivity contribution in [2.24, 2.45) is 0 Å². The average molecular weight is 315 g/mol. The van der Waals surface area contributed by atoms with Crippen LogP contribution in [0.2, 0.25) is 5.02 Å². The zero-order valence-corrected chi connectivity index (χ0v) is 12.1. The molecule has 0 heterocycles. The molecule has 0 fully saturated rings. The van der Waals surface area contributed by atoms with Crippen LogP contribution < -0.4 is 10.0 Å². The van der Waals surface area contributed by atoms with Crippen LogP contribution in [0.4, 0.5) is 15.8 Å². The highest BCUT2D eigenvalue weighted by Gasteiger charge is 2.20. The minimum atomic E-state index is -3.94. The molecule has 0 unspecified atom stereocenters. The number of para-hydroxylation sites is 2. The summed E-state index contributed by atoms with van der Waals surface area (Å²) in [6.07, 6.45) is 0. The van der Waals surface area contributed by atoms with Crippen LogP contribution in [0.15, 0.2) is 47.4 Å². The Hall–Kier alpha value is -1.79. The van der Waals surface area contributed by atoms with Gasteiger partial charge in [-0.3, -0.25) is 4.72 Å². The standard InChI is InChI=1S/C13H12ClFN2O2S/c1-16-11-7-2-3-8-12(11)20(18,19)17-13-9(14)5-4-6-10(13)15/h2-8,16-17H,1H3. The highest BCUT2D eigenvalue weighted by molar-refractivity contribution is 7.92. The Morgan fingerprint density at radius 3 is 2.45 bits per heavy atom. The number of benzene rings is 2. The number of hydrogen-bond donors (Lipinski definition) is 2. The van der Waals surface area contributed by atoms with Crippen molar-refractivity contribution in [3.05, 3.63) is 53.3 Å². The molecule has 0 spiro atoms. The topological polar surface area (TPSA) is 58.2 Å². The highest BCUT2D eigenvalue weighted by Crippen LogP contribution is 2.29. The van der Waals surface area contributed by atoms with Gasteiger partial charge in [0, 0.05) is 7.05 Å². The zero-order valence-electron chi connectivity index (χ0n) is 10.5. The number of nitrogens with one attached hydrogen (secondary N) is 2. The second-order valence-corrected chi connectivity index (χ2v) is 6.01. The summed E-state index contributed by atoms with van der Waals surface area (Å²) >= 11 is 5.81. The maximum absolute atomic E-state index is 13.7. The first kappa shape index (κ1) is 14.6. The van der Waals surface area contributed by atoms with E-state index in [1.807, 2.05) is 0 Å². The van der Waals surface area contributed by atoms with E-state index in [0.29, 0.717) is 5.69 Å². The Morgan fingerprint density at radius 1 is 1.10 bits per heavy atom. The summed E-state index contributed by atoms with van der Waals surface area (Å²) in [5.41, 5.74) is 0.146. The van der Waals surface area contributed by atoms with Gasteiger partial charge in [0.25, 0.3) is 10.0 Å². The molecule has 0 aliphatic carbocycles. The molecule has 2 aromatic rings. The van der Waals surface area contributed by atoms with Crippen molar-refractivity contribution < 1.29 is 12.8 Å². The molecule has 0 aromatic heterocycles. The van der Waals surface area contributed by atoms with E-state index in [1.165, 1.54) is 18.2 Å². The first-order valence-corrected chi connectivity index (χ1v) is 7.55. The van der Waals surface area contributed by atoms with Crippen LogP contribution in [-0.2, 0) is 10.0 Å². The van der Waals surface area contributed by atoms with Crippen LogP contribution >= 0.6 is 11.6 Å². The predicted molar refractivity (Wildman–Crippen MR) is 78.2 cm³/mol. The van der Waals surface area contributed by atoms with Crippen molar-refractivity contribution in [3.63, 3.8) is 0 Å². The lowest BCUT2D eigenvalue weighted by atomic mass is 10.3. The van der Waals surface area contributed by atoms with Gasteiger partial charge >= 0.3 is 0 Å². The largest absolute Gasteiger partial charge is 0.387 e. The molecule has 0 atom stereocenters. The molecule has 2 N–H and O–H groups in total. The second kappa shape index (κ2) is 5.68. The summed E-state index contributed by atoms with van der Waals surface area (Å²) in [6, 6.07) is 10.2. The summed E-state index contributed by atoms with van der Waals surface area (Å²) in [7, 11) is -2.34. The van der Waals surface area contributed by atoms with Crippen LogP contribution in [0.3, 0.4) is 0 Å². The molecular weight excluding hydrogens is 303 g/mol. The molecule has 0 saturated carbocycles. The van der Waals surface area contributed by atoms with Gasteiger partial charge in [0.2, 0.25) is 0 Å². The number of anilines is 2. The molecule has 0 aliphatic heterocycles. The van der Waals surface area contributed by atoms with E-state index in [0.717, 1.165) is 6.07 Å². The van der Waals surface area contributed by atoms with Gasteiger partial charge in [-0.25, -0.2) is 12.8 Å². The van der Waals surface area contributed by atoms with Crippen LogP contribution in [0.1, 0.15) is 0 Å². The average Bonchev–Trinajstić information content (AvgIpc) is 2.43. The van der Waals surface area contributed by atoms with Gasteiger partial charge < -0.3 is 5.32 Å². The Bertz CT molecular complexity index is 715. The molecule has 0 radical (unpaired) electrons. The maximum atomic E-state index is 13.7. The lowest BCUT2D eigenvalue weighted by Crippen LogP contribution is -2.15. The van der Waals surface area contributed by atoms with Gasteiger partial charge in [-0.15, -0.1) is 0 Å². The molecular formula is C13H12ClFN2O2S.